The van der Waals surface area contributed by atoms with E-state index >= 15 is 0 Å². The maximum atomic E-state index is 12.3. The Morgan fingerprint density at radius 1 is 0.762 bits per heavy atom. The lowest BCUT2D eigenvalue weighted by molar-refractivity contribution is -0.273. The van der Waals surface area contributed by atoms with Crippen LogP contribution < -0.4 is 5.32 Å². The monoisotopic (exact) mass is 599 g/mol. The highest BCUT2D eigenvalue weighted by Gasteiger charge is 2.52. The minimum absolute atomic E-state index is 0.0412. The van der Waals surface area contributed by atoms with E-state index in [4.69, 9.17) is 18.9 Å². The van der Waals surface area contributed by atoms with E-state index in [0.717, 1.165) is 5.56 Å². The first-order valence-corrected chi connectivity index (χ1v) is 14.5. The maximum absolute atomic E-state index is 12.3. The van der Waals surface area contributed by atoms with Gasteiger partial charge in [-0.25, -0.2) is 0 Å². The molecule has 8 N–H and O–H groups in total. The number of nitrogens with one attached hydrogen (secondary N) is 1. The second kappa shape index (κ2) is 14.4. The summed E-state index contributed by atoms with van der Waals surface area (Å²) in [5.74, 6) is -2.03. The van der Waals surface area contributed by atoms with Crippen molar-refractivity contribution in [2.75, 3.05) is 6.61 Å². The molecule has 13 heteroatoms. The molecule has 42 heavy (non-hydrogen) atoms. The number of hydrogen-bond acceptors (Lipinski definition) is 12. The van der Waals surface area contributed by atoms with Crippen LogP contribution in [0.25, 0.3) is 0 Å². The van der Waals surface area contributed by atoms with Crippen molar-refractivity contribution in [3.63, 3.8) is 0 Å². The standard InChI is InChI=1S/C29H45NO12/c1-13-23(33)26(36)17(9-20-27(37)28(38)24(34)14(2)41-20)19(40-13)10-18-22(30-15(3)32)29(42-21(11-31)25(18)35)39-12-16-7-5-4-6-8-16/h4-8,13-14,17-29,31,33-38H,9-12H2,1-3H3,(H,30,32)/t13-,14-,17-,18+,19-,20-,21+,22+,23+,24+,25-,26+,27+,28+,29-/m0/s1. The first kappa shape index (κ1) is 33.1. The average molecular weight is 600 g/mol. The fraction of sp³-hybridized carbons (Fsp3) is 0.759. The Hall–Kier alpha value is -1.75. The van der Waals surface area contributed by atoms with E-state index in [9.17, 15) is 40.5 Å². The second-order valence-corrected chi connectivity index (χ2v) is 11.8. The van der Waals surface area contributed by atoms with E-state index < -0.39 is 104 Å². The Labute approximate surface area is 245 Å². The second-order valence-electron chi connectivity index (χ2n) is 11.8. The van der Waals surface area contributed by atoms with E-state index in [-0.39, 0.29) is 19.4 Å². The number of aliphatic hydroxyl groups excluding tert-OH is 7. The van der Waals surface area contributed by atoms with Crippen LogP contribution in [0.1, 0.15) is 39.2 Å². The molecule has 0 unspecified atom stereocenters. The van der Waals surface area contributed by atoms with Gasteiger partial charge in [0, 0.05) is 18.8 Å². The molecule has 3 fully saturated rings. The molecule has 0 bridgehead atoms. The van der Waals surface area contributed by atoms with Crippen molar-refractivity contribution in [2.45, 2.75) is 120 Å². The molecule has 3 aliphatic rings. The average Bonchev–Trinajstić information content (AvgIpc) is 2.97. The van der Waals surface area contributed by atoms with Gasteiger partial charge in [0.25, 0.3) is 0 Å². The lowest BCUT2D eigenvalue weighted by Crippen LogP contribution is -2.64. The van der Waals surface area contributed by atoms with Gasteiger partial charge in [0.15, 0.2) is 6.29 Å². The molecule has 4 rings (SSSR count). The van der Waals surface area contributed by atoms with Gasteiger partial charge in [0.1, 0.15) is 30.5 Å². The highest BCUT2D eigenvalue weighted by Crippen LogP contribution is 2.39. The van der Waals surface area contributed by atoms with Crippen molar-refractivity contribution in [2.24, 2.45) is 11.8 Å². The number of carbonyl (C=O) groups excluding carboxylic acids is 1. The van der Waals surface area contributed by atoms with Crippen LogP contribution in [0.4, 0.5) is 0 Å². The summed E-state index contributed by atoms with van der Waals surface area (Å²) in [6.45, 7) is 4.08. The highest BCUT2D eigenvalue weighted by molar-refractivity contribution is 5.73. The van der Waals surface area contributed by atoms with E-state index in [1.807, 2.05) is 30.3 Å². The lowest BCUT2D eigenvalue weighted by atomic mass is 9.74. The molecular formula is C29H45NO12. The SMILES string of the molecule is CC(=O)N[C@H]1[C@@H](OCc2ccccc2)O[C@H](CO)[C@@H](O)[C@@H]1C[C@@H]1O[C@@H](C)[C@@H](O)[C@H](O)[C@H]1C[C@@H]1O[C@@H](C)[C@@H](O)[C@@H](O)[C@@H]1O. The number of ether oxygens (including phenoxy) is 4. The normalized spacial score (nSPS) is 44.5. The zero-order valence-corrected chi connectivity index (χ0v) is 24.0. The zero-order valence-electron chi connectivity index (χ0n) is 24.0. The zero-order chi connectivity index (χ0) is 30.7. The van der Waals surface area contributed by atoms with Gasteiger partial charge in [-0.15, -0.1) is 0 Å². The summed E-state index contributed by atoms with van der Waals surface area (Å²) in [6.07, 6.45) is -13.6. The molecule has 1 aromatic carbocycles. The van der Waals surface area contributed by atoms with Crippen molar-refractivity contribution in [1.29, 1.82) is 0 Å². The third-order valence-electron chi connectivity index (χ3n) is 8.79. The van der Waals surface area contributed by atoms with E-state index in [0.29, 0.717) is 0 Å². The van der Waals surface area contributed by atoms with Crippen LogP contribution >= 0.6 is 0 Å². The number of aliphatic hydroxyl groups is 7. The topological polar surface area (TPSA) is 208 Å². The molecule has 0 spiro atoms. The van der Waals surface area contributed by atoms with Gasteiger partial charge in [0.05, 0.1) is 55.9 Å². The molecule has 0 saturated carbocycles. The van der Waals surface area contributed by atoms with Crippen LogP contribution in [0.3, 0.4) is 0 Å². The first-order chi connectivity index (χ1) is 19.9. The van der Waals surface area contributed by atoms with Crippen molar-refractivity contribution < 1.29 is 59.5 Å². The van der Waals surface area contributed by atoms with Gasteiger partial charge in [-0.2, -0.15) is 0 Å². The summed E-state index contributed by atoms with van der Waals surface area (Å²) < 4.78 is 23.8. The molecule has 238 valence electrons. The Morgan fingerprint density at radius 3 is 1.98 bits per heavy atom. The minimum Gasteiger partial charge on any atom is -0.394 e. The van der Waals surface area contributed by atoms with Crippen molar-refractivity contribution >= 4 is 5.91 Å². The number of hydrogen-bond donors (Lipinski definition) is 8. The molecule has 1 amide bonds. The highest BCUT2D eigenvalue weighted by atomic mass is 16.7. The Balaban J connectivity index is 1.59. The predicted molar refractivity (Wildman–Crippen MR) is 146 cm³/mol. The van der Waals surface area contributed by atoms with Crippen molar-refractivity contribution in [3.8, 4) is 0 Å². The molecule has 0 aromatic heterocycles. The van der Waals surface area contributed by atoms with Gasteiger partial charge in [-0.05, 0) is 32.3 Å². The Bertz CT molecular complexity index is 1000. The molecule has 13 nitrogen and oxygen atoms in total. The van der Waals surface area contributed by atoms with Gasteiger partial charge in [-0.1, -0.05) is 30.3 Å². The van der Waals surface area contributed by atoms with Gasteiger partial charge < -0.3 is 60.0 Å². The molecule has 1 aromatic rings. The number of rotatable bonds is 9. The summed E-state index contributed by atoms with van der Waals surface area (Å²) in [4.78, 5) is 12.3. The van der Waals surface area contributed by atoms with Crippen molar-refractivity contribution in [1.82, 2.24) is 5.32 Å². The molecular weight excluding hydrogens is 554 g/mol. The number of benzene rings is 1. The molecule has 3 saturated heterocycles. The van der Waals surface area contributed by atoms with Crippen LogP contribution in [0, 0.1) is 11.8 Å². The predicted octanol–water partition coefficient (Wildman–Crippen LogP) is -1.82. The quantitative estimate of drug-likeness (QED) is 0.158. The smallest absolute Gasteiger partial charge is 0.217 e. The van der Waals surface area contributed by atoms with Crippen LogP contribution in [-0.2, 0) is 30.3 Å². The third-order valence-corrected chi connectivity index (χ3v) is 8.79. The number of carbonyl (C=O) groups is 1. The lowest BCUT2D eigenvalue weighted by Gasteiger charge is -2.49. The summed E-state index contributed by atoms with van der Waals surface area (Å²) in [5, 5.41) is 77.0. The van der Waals surface area contributed by atoms with Gasteiger partial charge in [0.2, 0.25) is 5.91 Å². The van der Waals surface area contributed by atoms with E-state index in [2.05, 4.69) is 5.32 Å². The summed E-state index contributed by atoms with van der Waals surface area (Å²) in [5.41, 5.74) is 0.847. The molecule has 0 aliphatic carbocycles. The summed E-state index contributed by atoms with van der Waals surface area (Å²) >= 11 is 0. The number of amides is 1. The van der Waals surface area contributed by atoms with E-state index in [1.165, 1.54) is 6.92 Å². The van der Waals surface area contributed by atoms with E-state index in [1.54, 1.807) is 13.8 Å². The largest absolute Gasteiger partial charge is 0.394 e. The summed E-state index contributed by atoms with van der Waals surface area (Å²) in [7, 11) is 0. The Kier molecular flexibility index (Phi) is 11.3. The van der Waals surface area contributed by atoms with Gasteiger partial charge in [-0.3, -0.25) is 4.79 Å². The van der Waals surface area contributed by atoms with Crippen molar-refractivity contribution in [3.05, 3.63) is 35.9 Å². The van der Waals surface area contributed by atoms with Crippen LogP contribution in [-0.4, -0.2) is 128 Å². The van der Waals surface area contributed by atoms with Crippen LogP contribution in [0.2, 0.25) is 0 Å². The van der Waals surface area contributed by atoms with Crippen LogP contribution in [0.5, 0.6) is 0 Å². The van der Waals surface area contributed by atoms with Crippen LogP contribution in [0.15, 0.2) is 30.3 Å². The Morgan fingerprint density at radius 2 is 1.36 bits per heavy atom. The first-order valence-electron chi connectivity index (χ1n) is 14.5. The molecule has 3 heterocycles. The molecule has 0 radical (unpaired) electrons. The maximum Gasteiger partial charge on any atom is 0.217 e. The third kappa shape index (κ3) is 7.30. The fourth-order valence-electron chi connectivity index (χ4n) is 6.37. The minimum atomic E-state index is -1.48. The molecule has 15 atom stereocenters. The molecule has 3 aliphatic heterocycles. The fourth-order valence-corrected chi connectivity index (χ4v) is 6.37. The van der Waals surface area contributed by atoms with Gasteiger partial charge >= 0.3 is 0 Å². The summed E-state index contributed by atoms with van der Waals surface area (Å²) in [6, 6.07) is 8.41.